The van der Waals surface area contributed by atoms with Gasteiger partial charge in [-0.3, -0.25) is 4.79 Å². The van der Waals surface area contributed by atoms with Gasteiger partial charge in [-0.1, -0.05) is 38.1 Å². The van der Waals surface area contributed by atoms with E-state index in [1.807, 2.05) is 19.1 Å². The van der Waals surface area contributed by atoms with E-state index >= 15 is 0 Å². The number of hydrogen-bond acceptors (Lipinski definition) is 6. The van der Waals surface area contributed by atoms with Crippen LogP contribution in [0.4, 0.5) is 0 Å². The Labute approximate surface area is 168 Å². The van der Waals surface area contributed by atoms with Gasteiger partial charge in [0.25, 0.3) is 0 Å². The van der Waals surface area contributed by atoms with Crippen LogP contribution < -0.4 is 10.4 Å². The second kappa shape index (κ2) is 8.73. The molecule has 0 aliphatic carbocycles. The number of benzene rings is 2. The van der Waals surface area contributed by atoms with Crippen LogP contribution in [-0.2, 0) is 9.53 Å². The van der Waals surface area contributed by atoms with Gasteiger partial charge in [-0.05, 0) is 36.1 Å². The normalized spacial score (nSPS) is 10.9. The molecule has 0 spiro atoms. The third-order valence-electron chi connectivity index (χ3n) is 4.54. The smallest absolute Gasteiger partial charge is 0.344 e. The molecule has 1 aromatic heterocycles. The minimum absolute atomic E-state index is 0.281. The van der Waals surface area contributed by atoms with Gasteiger partial charge in [-0.2, -0.15) is 0 Å². The number of carbonyl (C=O) groups is 2. The lowest BCUT2D eigenvalue weighted by molar-refractivity contribution is -0.144. The van der Waals surface area contributed by atoms with Crippen LogP contribution in [0.25, 0.3) is 11.0 Å². The van der Waals surface area contributed by atoms with Gasteiger partial charge in [0.2, 0.25) is 0 Å². The van der Waals surface area contributed by atoms with E-state index in [1.54, 1.807) is 30.3 Å². The second-order valence-corrected chi connectivity index (χ2v) is 7.06. The molecule has 0 atom stereocenters. The molecule has 6 heteroatoms. The molecule has 1 heterocycles. The van der Waals surface area contributed by atoms with E-state index in [2.05, 4.69) is 13.8 Å². The fourth-order valence-electron chi connectivity index (χ4n) is 2.86. The molecule has 0 amide bonds. The van der Waals surface area contributed by atoms with Gasteiger partial charge in [-0.15, -0.1) is 0 Å². The van der Waals surface area contributed by atoms with Gasteiger partial charge in [-0.25, -0.2) is 9.59 Å². The number of carbonyl (C=O) groups excluding carboxylic acids is 2. The summed E-state index contributed by atoms with van der Waals surface area (Å²) in [5.41, 5.74) is 2.34. The minimum Gasteiger partial charge on any atom is -0.482 e. The summed E-state index contributed by atoms with van der Waals surface area (Å²) in [5.74, 6) is -0.209. The number of aryl methyl sites for hydroxylation is 1. The van der Waals surface area contributed by atoms with Crippen molar-refractivity contribution < 1.29 is 23.5 Å². The van der Waals surface area contributed by atoms with Crippen molar-refractivity contribution in [3.63, 3.8) is 0 Å². The third kappa shape index (κ3) is 5.10. The van der Waals surface area contributed by atoms with Crippen molar-refractivity contribution in [2.24, 2.45) is 0 Å². The summed E-state index contributed by atoms with van der Waals surface area (Å²) in [6, 6.07) is 13.6. The molecule has 3 rings (SSSR count). The van der Waals surface area contributed by atoms with E-state index in [9.17, 15) is 14.4 Å². The van der Waals surface area contributed by atoms with Crippen molar-refractivity contribution in [3.05, 3.63) is 75.6 Å². The molecule has 0 N–H and O–H groups in total. The first kappa shape index (κ1) is 20.3. The van der Waals surface area contributed by atoms with Crippen molar-refractivity contribution in [1.82, 2.24) is 0 Å². The standard InChI is InChI=1S/C23H22O6/c1-14(2)16-4-6-17(7-5-16)20(24)12-28-23(26)13-27-18-8-9-19-15(3)10-22(25)29-21(19)11-18/h4-11,14H,12-13H2,1-3H3. The lowest BCUT2D eigenvalue weighted by Gasteiger charge is -2.09. The predicted molar refractivity (Wildman–Crippen MR) is 109 cm³/mol. The van der Waals surface area contributed by atoms with E-state index in [1.165, 1.54) is 6.07 Å². The average molecular weight is 394 g/mol. The number of esters is 1. The summed E-state index contributed by atoms with van der Waals surface area (Å²) in [5, 5.41) is 0.786. The molecule has 0 radical (unpaired) electrons. The topological polar surface area (TPSA) is 82.8 Å². The van der Waals surface area contributed by atoms with Gasteiger partial charge >= 0.3 is 11.6 Å². The Morgan fingerprint density at radius 1 is 1.00 bits per heavy atom. The molecule has 0 saturated heterocycles. The van der Waals surface area contributed by atoms with E-state index < -0.39 is 11.6 Å². The Morgan fingerprint density at radius 2 is 1.72 bits per heavy atom. The fraction of sp³-hybridized carbons (Fsp3) is 0.261. The van der Waals surface area contributed by atoms with Crippen LogP contribution >= 0.6 is 0 Å². The first-order valence-corrected chi connectivity index (χ1v) is 9.29. The number of ketones is 1. The lowest BCUT2D eigenvalue weighted by Crippen LogP contribution is -2.19. The van der Waals surface area contributed by atoms with Crippen LogP contribution in [0.2, 0.25) is 0 Å². The molecule has 0 saturated carbocycles. The Hall–Kier alpha value is -3.41. The van der Waals surface area contributed by atoms with E-state index in [0.717, 1.165) is 16.5 Å². The molecule has 0 fully saturated rings. The molecule has 0 aliphatic heterocycles. The summed E-state index contributed by atoms with van der Waals surface area (Å²) in [7, 11) is 0. The van der Waals surface area contributed by atoms with E-state index in [4.69, 9.17) is 13.9 Å². The Bertz CT molecular complexity index is 1090. The quantitative estimate of drug-likeness (QED) is 0.342. The molecule has 6 nitrogen and oxygen atoms in total. The maximum Gasteiger partial charge on any atom is 0.344 e. The first-order valence-electron chi connectivity index (χ1n) is 9.29. The summed E-state index contributed by atoms with van der Waals surface area (Å²) in [6.45, 7) is 5.24. The Morgan fingerprint density at radius 3 is 2.41 bits per heavy atom. The highest BCUT2D eigenvalue weighted by molar-refractivity contribution is 5.98. The monoisotopic (exact) mass is 394 g/mol. The maximum atomic E-state index is 12.2. The SMILES string of the molecule is Cc1cc(=O)oc2cc(OCC(=O)OCC(=O)c3ccc(C(C)C)cc3)ccc12. The molecule has 0 aliphatic rings. The van der Waals surface area contributed by atoms with Crippen LogP contribution in [0.1, 0.15) is 41.3 Å². The van der Waals surface area contributed by atoms with Gasteiger partial charge in [0.15, 0.2) is 19.0 Å². The lowest BCUT2D eigenvalue weighted by atomic mass is 10.0. The molecular formula is C23H22O6. The number of hydrogen-bond donors (Lipinski definition) is 0. The van der Waals surface area contributed by atoms with Crippen molar-refractivity contribution in [1.29, 1.82) is 0 Å². The zero-order valence-corrected chi connectivity index (χ0v) is 16.6. The van der Waals surface area contributed by atoms with Crippen LogP contribution in [-0.4, -0.2) is 25.0 Å². The summed E-state index contributed by atoms with van der Waals surface area (Å²) in [6.07, 6.45) is 0. The highest BCUT2D eigenvalue weighted by Gasteiger charge is 2.12. The minimum atomic E-state index is -0.664. The van der Waals surface area contributed by atoms with E-state index in [0.29, 0.717) is 22.8 Å². The molecule has 150 valence electrons. The van der Waals surface area contributed by atoms with Gasteiger partial charge in [0, 0.05) is 23.1 Å². The maximum absolute atomic E-state index is 12.2. The fourth-order valence-corrected chi connectivity index (χ4v) is 2.86. The third-order valence-corrected chi connectivity index (χ3v) is 4.54. The highest BCUT2D eigenvalue weighted by atomic mass is 16.6. The van der Waals surface area contributed by atoms with Crippen LogP contribution in [0.5, 0.6) is 5.75 Å². The number of ether oxygens (including phenoxy) is 2. The first-order chi connectivity index (χ1) is 13.8. The van der Waals surface area contributed by atoms with E-state index in [-0.39, 0.29) is 19.0 Å². The Balaban J connectivity index is 1.54. The number of Topliss-reactive ketones (excluding diaryl/α,β-unsaturated/α-hetero) is 1. The van der Waals surface area contributed by atoms with Crippen molar-refractivity contribution in [2.45, 2.75) is 26.7 Å². The van der Waals surface area contributed by atoms with Crippen LogP contribution in [0, 0.1) is 6.92 Å². The van der Waals surface area contributed by atoms with Gasteiger partial charge in [0.1, 0.15) is 11.3 Å². The molecule has 2 aromatic carbocycles. The second-order valence-electron chi connectivity index (χ2n) is 7.06. The highest BCUT2D eigenvalue weighted by Crippen LogP contribution is 2.22. The van der Waals surface area contributed by atoms with Crippen molar-refractivity contribution in [3.8, 4) is 5.75 Å². The molecular weight excluding hydrogens is 372 g/mol. The zero-order chi connectivity index (χ0) is 21.0. The van der Waals surface area contributed by atoms with Crippen LogP contribution in [0.3, 0.4) is 0 Å². The Kier molecular flexibility index (Phi) is 6.12. The average Bonchev–Trinajstić information content (AvgIpc) is 2.70. The summed E-state index contributed by atoms with van der Waals surface area (Å²) in [4.78, 5) is 35.5. The summed E-state index contributed by atoms with van der Waals surface area (Å²) < 4.78 is 15.5. The van der Waals surface area contributed by atoms with Crippen molar-refractivity contribution >= 4 is 22.7 Å². The van der Waals surface area contributed by atoms with Crippen molar-refractivity contribution in [2.75, 3.05) is 13.2 Å². The number of rotatable bonds is 7. The van der Waals surface area contributed by atoms with Crippen LogP contribution in [0.15, 0.2) is 57.7 Å². The largest absolute Gasteiger partial charge is 0.482 e. The summed E-state index contributed by atoms with van der Waals surface area (Å²) >= 11 is 0. The predicted octanol–water partition coefficient (Wildman–Crippen LogP) is 4.03. The molecule has 0 bridgehead atoms. The van der Waals surface area contributed by atoms with Gasteiger partial charge < -0.3 is 13.9 Å². The molecule has 29 heavy (non-hydrogen) atoms. The number of fused-ring (bicyclic) bond motifs is 1. The molecule has 3 aromatic rings. The van der Waals surface area contributed by atoms with Gasteiger partial charge in [0.05, 0.1) is 0 Å². The zero-order valence-electron chi connectivity index (χ0n) is 16.6. The molecule has 0 unspecified atom stereocenters.